The van der Waals surface area contributed by atoms with Crippen LogP contribution in [0.4, 0.5) is 0 Å². The first kappa shape index (κ1) is 16.5. The lowest BCUT2D eigenvalue weighted by atomic mass is 10.1. The summed E-state index contributed by atoms with van der Waals surface area (Å²) >= 11 is 1.82. The van der Waals surface area contributed by atoms with E-state index in [1.807, 2.05) is 11.8 Å². The van der Waals surface area contributed by atoms with Gasteiger partial charge in [-0.1, -0.05) is 49.7 Å². The molecule has 0 bridgehead atoms. The van der Waals surface area contributed by atoms with E-state index in [2.05, 4.69) is 56.9 Å². The molecular weight excluding hydrogens is 304 g/mol. The first-order valence-electron chi connectivity index (χ1n) is 8.73. The van der Waals surface area contributed by atoms with Crippen molar-refractivity contribution in [2.75, 3.05) is 18.8 Å². The summed E-state index contributed by atoms with van der Waals surface area (Å²) in [5.74, 6) is 2.17. The van der Waals surface area contributed by atoms with Gasteiger partial charge in [-0.05, 0) is 44.5 Å². The van der Waals surface area contributed by atoms with Crippen molar-refractivity contribution in [2.45, 2.75) is 50.7 Å². The van der Waals surface area contributed by atoms with Crippen molar-refractivity contribution >= 4 is 11.8 Å². The summed E-state index contributed by atoms with van der Waals surface area (Å²) in [6, 6.07) is 10.5. The molecule has 2 heterocycles. The largest absolute Gasteiger partial charge is 0.296 e. The molecule has 0 spiro atoms. The van der Waals surface area contributed by atoms with Crippen molar-refractivity contribution in [3.05, 3.63) is 36.2 Å². The number of unbranched alkanes of at least 4 members (excludes halogenated alkanes) is 1. The number of benzene rings is 1. The Kier molecular flexibility index (Phi) is 6.11. The molecule has 0 amide bonds. The molecule has 0 radical (unpaired) electrons. The predicted molar refractivity (Wildman–Crippen MR) is 96.1 cm³/mol. The third-order valence-electron chi connectivity index (χ3n) is 4.26. The molecule has 124 valence electrons. The lowest BCUT2D eigenvalue weighted by Gasteiger charge is -2.26. The molecule has 1 aliphatic heterocycles. The Bertz CT molecular complexity index is 590. The van der Waals surface area contributed by atoms with Crippen LogP contribution in [-0.4, -0.2) is 38.5 Å². The zero-order valence-electron chi connectivity index (χ0n) is 13.9. The monoisotopic (exact) mass is 330 g/mol. The Morgan fingerprint density at radius 3 is 2.57 bits per heavy atom. The number of thioether (sulfide) groups is 1. The van der Waals surface area contributed by atoms with Gasteiger partial charge in [-0.2, -0.15) is 0 Å². The summed E-state index contributed by atoms with van der Waals surface area (Å²) in [5, 5.41) is 10.0. The van der Waals surface area contributed by atoms with Crippen LogP contribution in [0, 0.1) is 0 Å². The second-order valence-corrected chi connectivity index (χ2v) is 7.17. The third kappa shape index (κ3) is 4.36. The Morgan fingerprint density at radius 1 is 1.04 bits per heavy atom. The molecule has 4 nitrogen and oxygen atoms in total. The quantitative estimate of drug-likeness (QED) is 0.564. The summed E-state index contributed by atoms with van der Waals surface area (Å²) in [6.07, 6.45) is 6.40. The van der Waals surface area contributed by atoms with Crippen molar-refractivity contribution in [2.24, 2.45) is 0 Å². The molecule has 0 unspecified atom stereocenters. The van der Waals surface area contributed by atoms with Crippen molar-refractivity contribution in [3.63, 3.8) is 0 Å². The van der Waals surface area contributed by atoms with E-state index in [1.54, 1.807) is 0 Å². The minimum Gasteiger partial charge on any atom is -0.296 e. The van der Waals surface area contributed by atoms with Gasteiger partial charge in [0.1, 0.15) is 0 Å². The van der Waals surface area contributed by atoms with Crippen LogP contribution >= 0.6 is 11.8 Å². The fourth-order valence-corrected chi connectivity index (χ4v) is 4.01. The smallest absolute Gasteiger partial charge is 0.195 e. The van der Waals surface area contributed by atoms with E-state index < -0.39 is 0 Å². The Hall–Kier alpha value is -1.33. The van der Waals surface area contributed by atoms with Crippen LogP contribution in [0.3, 0.4) is 0 Å². The lowest BCUT2D eigenvalue weighted by Crippen LogP contribution is -2.30. The van der Waals surface area contributed by atoms with Crippen LogP contribution in [0.1, 0.15) is 44.9 Å². The summed E-state index contributed by atoms with van der Waals surface area (Å²) in [5.41, 5.74) is 1.17. The van der Waals surface area contributed by atoms with E-state index in [0.717, 1.165) is 23.3 Å². The van der Waals surface area contributed by atoms with Gasteiger partial charge < -0.3 is 0 Å². The highest BCUT2D eigenvalue weighted by molar-refractivity contribution is 7.99. The van der Waals surface area contributed by atoms with Crippen LogP contribution in [0.15, 0.2) is 35.5 Å². The first-order valence-corrected chi connectivity index (χ1v) is 9.72. The van der Waals surface area contributed by atoms with E-state index in [4.69, 9.17) is 0 Å². The topological polar surface area (TPSA) is 34.0 Å². The molecule has 1 aromatic heterocycles. The van der Waals surface area contributed by atoms with Crippen molar-refractivity contribution < 1.29 is 0 Å². The normalized spacial score (nSPS) is 15.9. The van der Waals surface area contributed by atoms with Gasteiger partial charge in [0, 0.05) is 11.4 Å². The summed E-state index contributed by atoms with van der Waals surface area (Å²) in [7, 11) is 0. The van der Waals surface area contributed by atoms with Crippen LogP contribution < -0.4 is 0 Å². The number of para-hydroxylation sites is 1. The zero-order chi connectivity index (χ0) is 15.9. The van der Waals surface area contributed by atoms with E-state index >= 15 is 0 Å². The molecule has 2 aromatic rings. The second kappa shape index (κ2) is 8.50. The van der Waals surface area contributed by atoms with Crippen LogP contribution in [0.2, 0.25) is 0 Å². The van der Waals surface area contributed by atoms with Gasteiger partial charge in [0.2, 0.25) is 0 Å². The third-order valence-corrected chi connectivity index (χ3v) is 5.27. The van der Waals surface area contributed by atoms with Crippen molar-refractivity contribution in [3.8, 4) is 5.69 Å². The fourth-order valence-electron chi connectivity index (χ4n) is 2.96. The van der Waals surface area contributed by atoms with Gasteiger partial charge in [0.25, 0.3) is 0 Å². The zero-order valence-corrected chi connectivity index (χ0v) is 14.8. The van der Waals surface area contributed by atoms with Gasteiger partial charge in [-0.3, -0.25) is 9.47 Å². The summed E-state index contributed by atoms with van der Waals surface area (Å²) in [4.78, 5) is 2.51. The summed E-state index contributed by atoms with van der Waals surface area (Å²) in [6.45, 7) is 5.49. The second-order valence-electron chi connectivity index (χ2n) is 6.11. The molecule has 5 heteroatoms. The molecule has 3 rings (SSSR count). The van der Waals surface area contributed by atoms with Gasteiger partial charge in [-0.15, -0.1) is 10.2 Å². The molecule has 1 aliphatic rings. The molecule has 0 atom stereocenters. The van der Waals surface area contributed by atoms with Crippen molar-refractivity contribution in [1.29, 1.82) is 0 Å². The maximum atomic E-state index is 4.52. The number of likely N-dealkylation sites (tertiary alicyclic amines) is 1. The SMILES string of the molecule is CCCCSc1nnc(CN2CCCCC2)n1-c1ccccc1. The number of hydrogen-bond acceptors (Lipinski definition) is 4. The number of hydrogen-bond donors (Lipinski definition) is 0. The minimum atomic E-state index is 0.899. The molecular formula is C18H26N4S. The van der Waals surface area contributed by atoms with Crippen LogP contribution in [0.5, 0.6) is 0 Å². The number of piperidine rings is 1. The standard InChI is InChI=1S/C18H26N4S/c1-2-3-14-23-18-20-19-17(15-21-12-8-5-9-13-21)22(18)16-10-6-4-7-11-16/h4,6-7,10-11H,2-3,5,8-9,12-15H2,1H3. The molecule has 23 heavy (non-hydrogen) atoms. The molecule has 1 aromatic carbocycles. The van der Waals surface area contributed by atoms with Crippen LogP contribution in [-0.2, 0) is 6.54 Å². The minimum absolute atomic E-state index is 0.899. The van der Waals surface area contributed by atoms with E-state index in [-0.39, 0.29) is 0 Å². The van der Waals surface area contributed by atoms with Crippen LogP contribution in [0.25, 0.3) is 5.69 Å². The van der Waals surface area contributed by atoms with Crippen molar-refractivity contribution in [1.82, 2.24) is 19.7 Å². The van der Waals surface area contributed by atoms with Gasteiger partial charge >= 0.3 is 0 Å². The summed E-state index contributed by atoms with van der Waals surface area (Å²) < 4.78 is 2.24. The average Bonchev–Trinajstić information content (AvgIpc) is 2.99. The number of aromatic nitrogens is 3. The van der Waals surface area contributed by atoms with E-state index in [0.29, 0.717) is 0 Å². The van der Waals surface area contributed by atoms with E-state index in [1.165, 1.54) is 50.9 Å². The Labute approximate surface area is 143 Å². The highest BCUT2D eigenvalue weighted by Crippen LogP contribution is 2.24. The average molecular weight is 331 g/mol. The maximum absolute atomic E-state index is 4.52. The van der Waals surface area contributed by atoms with Gasteiger partial charge in [0.05, 0.1) is 6.54 Å². The van der Waals surface area contributed by atoms with Gasteiger partial charge in [-0.25, -0.2) is 0 Å². The molecule has 0 saturated carbocycles. The lowest BCUT2D eigenvalue weighted by molar-refractivity contribution is 0.214. The van der Waals surface area contributed by atoms with E-state index in [9.17, 15) is 0 Å². The molecule has 1 fully saturated rings. The highest BCUT2D eigenvalue weighted by Gasteiger charge is 2.18. The molecule has 0 aliphatic carbocycles. The maximum Gasteiger partial charge on any atom is 0.195 e. The van der Waals surface area contributed by atoms with Gasteiger partial charge in [0.15, 0.2) is 11.0 Å². The number of nitrogens with zero attached hydrogens (tertiary/aromatic N) is 4. The number of rotatable bonds is 7. The molecule has 1 saturated heterocycles. The first-order chi connectivity index (χ1) is 11.4. The highest BCUT2D eigenvalue weighted by atomic mass is 32.2. The molecule has 0 N–H and O–H groups in total. The fraction of sp³-hybridized carbons (Fsp3) is 0.556. The Morgan fingerprint density at radius 2 is 1.83 bits per heavy atom. The Balaban J connectivity index is 1.83. The predicted octanol–water partition coefficient (Wildman–Crippen LogP) is 4.15.